The molecule has 2 atom stereocenters. The van der Waals surface area contributed by atoms with Gasteiger partial charge >= 0.3 is 0 Å². The van der Waals surface area contributed by atoms with E-state index in [9.17, 15) is 0 Å². The fourth-order valence-corrected chi connectivity index (χ4v) is 3.81. The predicted molar refractivity (Wildman–Crippen MR) is 84.8 cm³/mol. The first-order valence-electron chi connectivity index (χ1n) is 8.26. The summed E-state index contributed by atoms with van der Waals surface area (Å²) in [5.41, 5.74) is 9.12. The van der Waals surface area contributed by atoms with E-state index < -0.39 is 0 Å². The molecule has 1 heterocycles. The number of nitrogens with zero attached hydrogens (tertiary/aromatic N) is 1. The second-order valence-electron chi connectivity index (χ2n) is 6.86. The lowest BCUT2D eigenvalue weighted by molar-refractivity contribution is 0.0665. The van der Waals surface area contributed by atoms with Crippen LogP contribution in [0.1, 0.15) is 62.6 Å². The second-order valence-corrected chi connectivity index (χ2v) is 6.86. The van der Waals surface area contributed by atoms with Crippen molar-refractivity contribution in [3.8, 4) is 0 Å². The third-order valence-corrected chi connectivity index (χ3v) is 5.06. The third-order valence-electron chi connectivity index (χ3n) is 5.06. The van der Waals surface area contributed by atoms with Crippen LogP contribution in [-0.2, 0) is 0 Å². The van der Waals surface area contributed by atoms with E-state index in [0.29, 0.717) is 18.0 Å². The first kappa shape index (κ1) is 14.1. The Kier molecular flexibility index (Phi) is 4.13. The zero-order chi connectivity index (χ0) is 14.1. The van der Waals surface area contributed by atoms with Gasteiger partial charge in [0.2, 0.25) is 0 Å². The maximum Gasteiger partial charge on any atom is 0.0391 e. The van der Waals surface area contributed by atoms with E-state index in [4.69, 9.17) is 5.73 Å². The third kappa shape index (κ3) is 2.77. The Morgan fingerprint density at radius 3 is 2.60 bits per heavy atom. The lowest BCUT2D eigenvalue weighted by Crippen LogP contribution is -2.45. The molecule has 2 N–H and O–H groups in total. The molecule has 0 bridgehead atoms. The standard InChI is InChI=1S/C18H28N2/c1-13(2)20-10-4-7-17(12-19)18(20)16-6-3-5-15(11-16)14-8-9-14/h3,5-6,11,13-14,17-18H,4,7-10,12,19H2,1-2H3. The van der Waals surface area contributed by atoms with Crippen molar-refractivity contribution < 1.29 is 0 Å². The number of hydrogen-bond donors (Lipinski definition) is 1. The van der Waals surface area contributed by atoms with Crippen molar-refractivity contribution >= 4 is 0 Å². The highest BCUT2D eigenvalue weighted by Crippen LogP contribution is 2.42. The fraction of sp³-hybridized carbons (Fsp3) is 0.667. The number of benzene rings is 1. The molecule has 0 aromatic heterocycles. The van der Waals surface area contributed by atoms with Crippen molar-refractivity contribution in [2.45, 2.75) is 57.5 Å². The molecule has 2 unspecified atom stereocenters. The van der Waals surface area contributed by atoms with Gasteiger partial charge in [0.15, 0.2) is 0 Å². The van der Waals surface area contributed by atoms with Crippen molar-refractivity contribution in [2.75, 3.05) is 13.1 Å². The Labute approximate surface area is 123 Å². The van der Waals surface area contributed by atoms with Crippen LogP contribution < -0.4 is 5.73 Å². The summed E-state index contributed by atoms with van der Waals surface area (Å²) >= 11 is 0. The van der Waals surface area contributed by atoms with Crippen molar-refractivity contribution in [1.82, 2.24) is 4.90 Å². The molecule has 20 heavy (non-hydrogen) atoms. The molecular formula is C18H28N2. The maximum atomic E-state index is 6.08. The Bertz CT molecular complexity index is 450. The van der Waals surface area contributed by atoms with Crippen LogP contribution in [0.25, 0.3) is 0 Å². The minimum absolute atomic E-state index is 0.521. The van der Waals surface area contributed by atoms with Crippen LogP contribution in [0.15, 0.2) is 24.3 Å². The van der Waals surface area contributed by atoms with Gasteiger partial charge in [-0.2, -0.15) is 0 Å². The highest BCUT2D eigenvalue weighted by molar-refractivity contribution is 5.31. The van der Waals surface area contributed by atoms with E-state index in [2.05, 4.69) is 43.0 Å². The molecule has 1 saturated heterocycles. The molecule has 1 aliphatic carbocycles. The predicted octanol–water partition coefficient (Wildman–Crippen LogP) is 3.68. The van der Waals surface area contributed by atoms with Gasteiger partial charge in [-0.15, -0.1) is 0 Å². The van der Waals surface area contributed by atoms with Crippen LogP contribution in [0, 0.1) is 5.92 Å². The van der Waals surface area contributed by atoms with Gasteiger partial charge in [-0.3, -0.25) is 4.90 Å². The van der Waals surface area contributed by atoms with Gasteiger partial charge in [-0.1, -0.05) is 24.3 Å². The van der Waals surface area contributed by atoms with Crippen molar-refractivity contribution in [1.29, 1.82) is 0 Å². The molecule has 3 rings (SSSR count). The number of hydrogen-bond acceptors (Lipinski definition) is 2. The van der Waals surface area contributed by atoms with E-state index in [1.54, 1.807) is 5.56 Å². The number of piperidine rings is 1. The summed E-state index contributed by atoms with van der Waals surface area (Å²) in [7, 11) is 0. The zero-order valence-corrected chi connectivity index (χ0v) is 12.9. The molecule has 0 radical (unpaired) electrons. The van der Waals surface area contributed by atoms with Crippen LogP contribution in [0.4, 0.5) is 0 Å². The van der Waals surface area contributed by atoms with Gasteiger partial charge in [0, 0.05) is 12.1 Å². The average molecular weight is 272 g/mol. The molecule has 1 saturated carbocycles. The van der Waals surface area contributed by atoms with E-state index in [1.807, 2.05) is 0 Å². The van der Waals surface area contributed by atoms with Crippen molar-refractivity contribution in [2.24, 2.45) is 11.7 Å². The van der Waals surface area contributed by atoms with Crippen LogP contribution in [-0.4, -0.2) is 24.0 Å². The van der Waals surface area contributed by atoms with Crippen LogP contribution in [0.2, 0.25) is 0 Å². The summed E-state index contributed by atoms with van der Waals surface area (Å²) in [5.74, 6) is 1.45. The van der Waals surface area contributed by atoms with Gasteiger partial charge in [-0.05, 0) is 75.6 Å². The lowest BCUT2D eigenvalue weighted by atomic mass is 9.83. The summed E-state index contributed by atoms with van der Waals surface area (Å²) < 4.78 is 0. The number of rotatable bonds is 4. The molecule has 110 valence electrons. The summed E-state index contributed by atoms with van der Waals surface area (Å²) in [5, 5.41) is 0. The Morgan fingerprint density at radius 2 is 1.95 bits per heavy atom. The summed E-state index contributed by atoms with van der Waals surface area (Å²) in [6, 6.07) is 10.5. The summed E-state index contributed by atoms with van der Waals surface area (Å²) in [6.07, 6.45) is 5.32. The smallest absolute Gasteiger partial charge is 0.0391 e. The Hall–Kier alpha value is -0.860. The first-order valence-corrected chi connectivity index (χ1v) is 8.26. The summed E-state index contributed by atoms with van der Waals surface area (Å²) in [4.78, 5) is 2.66. The minimum Gasteiger partial charge on any atom is -0.330 e. The Morgan fingerprint density at radius 1 is 1.20 bits per heavy atom. The monoisotopic (exact) mass is 272 g/mol. The Balaban J connectivity index is 1.91. The largest absolute Gasteiger partial charge is 0.330 e. The van der Waals surface area contributed by atoms with Gasteiger partial charge in [0.1, 0.15) is 0 Å². The zero-order valence-electron chi connectivity index (χ0n) is 12.9. The van der Waals surface area contributed by atoms with Crippen molar-refractivity contribution in [3.05, 3.63) is 35.4 Å². The van der Waals surface area contributed by atoms with E-state index in [0.717, 1.165) is 12.5 Å². The molecule has 0 spiro atoms. The van der Waals surface area contributed by atoms with E-state index >= 15 is 0 Å². The highest BCUT2D eigenvalue weighted by Gasteiger charge is 2.34. The minimum atomic E-state index is 0.521. The normalized spacial score (nSPS) is 28.0. The lowest BCUT2D eigenvalue weighted by Gasteiger charge is -2.44. The molecule has 2 aliphatic rings. The molecule has 0 amide bonds. The molecule has 1 aromatic carbocycles. The first-order chi connectivity index (χ1) is 9.70. The van der Waals surface area contributed by atoms with Gasteiger partial charge < -0.3 is 5.73 Å². The van der Waals surface area contributed by atoms with Gasteiger partial charge in [0.05, 0.1) is 0 Å². The molecule has 2 heteroatoms. The quantitative estimate of drug-likeness (QED) is 0.906. The molecule has 1 aromatic rings. The van der Waals surface area contributed by atoms with Gasteiger partial charge in [-0.25, -0.2) is 0 Å². The fourth-order valence-electron chi connectivity index (χ4n) is 3.81. The number of likely N-dealkylation sites (tertiary alicyclic amines) is 1. The maximum absolute atomic E-state index is 6.08. The van der Waals surface area contributed by atoms with Crippen LogP contribution in [0.5, 0.6) is 0 Å². The average Bonchev–Trinajstić information content (AvgIpc) is 3.31. The van der Waals surface area contributed by atoms with Crippen LogP contribution >= 0.6 is 0 Å². The van der Waals surface area contributed by atoms with E-state index in [-0.39, 0.29) is 0 Å². The number of nitrogens with two attached hydrogens (primary N) is 1. The molecule has 2 nitrogen and oxygen atoms in total. The molecule has 2 fully saturated rings. The molecule has 1 aliphatic heterocycles. The van der Waals surface area contributed by atoms with Gasteiger partial charge in [0.25, 0.3) is 0 Å². The molecular weight excluding hydrogens is 244 g/mol. The SMILES string of the molecule is CC(C)N1CCCC(CN)C1c1cccc(C2CC2)c1. The van der Waals surface area contributed by atoms with E-state index in [1.165, 1.54) is 37.8 Å². The van der Waals surface area contributed by atoms with Crippen molar-refractivity contribution in [3.63, 3.8) is 0 Å². The topological polar surface area (TPSA) is 29.3 Å². The second kappa shape index (κ2) is 5.87. The summed E-state index contributed by atoms with van der Waals surface area (Å²) in [6.45, 7) is 6.65. The highest BCUT2D eigenvalue weighted by atomic mass is 15.2. The van der Waals surface area contributed by atoms with Crippen LogP contribution in [0.3, 0.4) is 0 Å².